The molecule has 0 atom stereocenters. The van der Waals surface area contributed by atoms with Crippen molar-refractivity contribution < 1.29 is 9.21 Å². The van der Waals surface area contributed by atoms with Crippen LogP contribution in [-0.2, 0) is 0 Å². The highest BCUT2D eigenvalue weighted by Gasteiger charge is 2.13. The zero-order valence-corrected chi connectivity index (χ0v) is 19.1. The summed E-state index contributed by atoms with van der Waals surface area (Å²) in [6.45, 7) is 0. The van der Waals surface area contributed by atoms with E-state index in [1.807, 2.05) is 42.5 Å². The number of aromatic nitrogens is 3. The van der Waals surface area contributed by atoms with E-state index in [4.69, 9.17) is 16.6 Å². The molecule has 0 spiro atoms. The third kappa shape index (κ3) is 3.76. The number of nitrogens with one attached hydrogen (secondary N) is 2. The van der Waals surface area contributed by atoms with Gasteiger partial charge in [-0.1, -0.05) is 36.4 Å². The Morgan fingerprint density at radius 1 is 0.882 bits per heavy atom. The quantitative estimate of drug-likeness (QED) is 0.310. The molecule has 9 heteroatoms. The summed E-state index contributed by atoms with van der Waals surface area (Å²) in [6, 6.07) is 24.8. The predicted octanol–water partition coefficient (Wildman–Crippen LogP) is 5.78. The molecule has 2 heterocycles. The van der Waals surface area contributed by atoms with Gasteiger partial charge in [0, 0.05) is 16.8 Å². The first-order valence-electron chi connectivity index (χ1n) is 10.4. The van der Waals surface area contributed by atoms with Crippen LogP contribution in [0.3, 0.4) is 0 Å². The molecule has 2 N–H and O–H groups in total. The van der Waals surface area contributed by atoms with Crippen LogP contribution in [0, 0.1) is 0 Å². The molecule has 1 amide bonds. The van der Waals surface area contributed by atoms with Crippen LogP contribution in [0.5, 0.6) is 0 Å². The third-order valence-corrected chi connectivity index (χ3v) is 6.17. The van der Waals surface area contributed by atoms with E-state index < -0.39 is 0 Å². The van der Waals surface area contributed by atoms with Gasteiger partial charge in [-0.05, 0) is 65.5 Å². The van der Waals surface area contributed by atoms with E-state index in [1.165, 1.54) is 0 Å². The summed E-state index contributed by atoms with van der Waals surface area (Å²) >= 11 is 6.44. The van der Waals surface area contributed by atoms with Gasteiger partial charge in [-0.15, -0.1) is 0 Å². The number of thiocarbonyl (C=S) groups is 1. The highest BCUT2D eigenvalue weighted by molar-refractivity contribution is 7.80. The molecule has 7 nitrogen and oxygen atoms in total. The summed E-state index contributed by atoms with van der Waals surface area (Å²) in [5, 5.41) is 8.11. The Morgan fingerprint density at radius 3 is 2.68 bits per heavy atom. The molecule has 6 aromatic rings. The lowest BCUT2D eigenvalue weighted by atomic mass is 10.0. The maximum atomic E-state index is 12.6. The number of rotatable bonds is 3. The van der Waals surface area contributed by atoms with E-state index in [9.17, 15) is 4.79 Å². The van der Waals surface area contributed by atoms with Gasteiger partial charge in [-0.25, -0.2) is 4.98 Å². The lowest BCUT2D eigenvalue weighted by Crippen LogP contribution is -2.34. The van der Waals surface area contributed by atoms with E-state index in [-0.39, 0.29) is 11.0 Å². The summed E-state index contributed by atoms with van der Waals surface area (Å²) < 4.78 is 14.3. The lowest BCUT2D eigenvalue weighted by molar-refractivity contribution is 0.0978. The van der Waals surface area contributed by atoms with Crippen molar-refractivity contribution in [2.45, 2.75) is 0 Å². The van der Waals surface area contributed by atoms with Crippen LogP contribution in [-0.4, -0.2) is 24.8 Å². The number of oxazole rings is 1. The van der Waals surface area contributed by atoms with Crippen molar-refractivity contribution >= 4 is 73.6 Å². The van der Waals surface area contributed by atoms with E-state index >= 15 is 0 Å². The van der Waals surface area contributed by atoms with Gasteiger partial charge in [0.15, 0.2) is 10.7 Å². The fourth-order valence-electron chi connectivity index (χ4n) is 3.79. The van der Waals surface area contributed by atoms with E-state index in [0.717, 1.165) is 33.6 Å². The number of hydrogen-bond acceptors (Lipinski definition) is 7. The number of benzene rings is 4. The first-order chi connectivity index (χ1) is 16.6. The molecular formula is C25H15N5O2S2. The summed E-state index contributed by atoms with van der Waals surface area (Å²) in [4.78, 5) is 17.3. The Hall–Kier alpha value is -4.21. The molecular weight excluding hydrogens is 466 g/mol. The van der Waals surface area contributed by atoms with Gasteiger partial charge in [-0.2, -0.15) is 8.75 Å². The molecule has 0 aliphatic heterocycles. The second-order valence-corrected chi connectivity index (χ2v) is 8.54. The van der Waals surface area contributed by atoms with E-state index in [1.54, 1.807) is 18.2 Å². The molecule has 0 aliphatic carbocycles. The van der Waals surface area contributed by atoms with Gasteiger partial charge in [-0.3, -0.25) is 10.1 Å². The van der Waals surface area contributed by atoms with Gasteiger partial charge in [0.1, 0.15) is 16.6 Å². The Balaban J connectivity index is 1.22. The molecule has 0 saturated heterocycles. The first-order valence-corrected chi connectivity index (χ1v) is 11.5. The molecule has 0 fully saturated rings. The minimum Gasteiger partial charge on any atom is -0.436 e. The third-order valence-electron chi connectivity index (χ3n) is 5.41. The first kappa shape index (κ1) is 20.4. The molecule has 0 radical (unpaired) electrons. The standard InChI is InChI=1S/C25H15N5O2S2/c31-23(15-8-10-19-20(12-15)30-34-29-19)28-25(33)26-16-9-11-22-21(13-16)27-24(32-22)18-7-3-5-14-4-1-2-6-17(14)18/h1-13H,(H2,26,28,31,33). The second-order valence-electron chi connectivity index (χ2n) is 7.60. The van der Waals surface area contributed by atoms with Crippen LogP contribution in [0.15, 0.2) is 83.3 Å². The fourth-order valence-corrected chi connectivity index (χ4v) is 4.52. The van der Waals surface area contributed by atoms with Crippen molar-refractivity contribution in [1.29, 1.82) is 0 Å². The minimum atomic E-state index is -0.326. The second kappa shape index (κ2) is 8.29. The fraction of sp³-hybridized carbons (Fsp3) is 0. The average Bonchev–Trinajstić information content (AvgIpc) is 3.49. The maximum Gasteiger partial charge on any atom is 0.257 e. The van der Waals surface area contributed by atoms with Crippen molar-refractivity contribution in [1.82, 2.24) is 19.0 Å². The van der Waals surface area contributed by atoms with Crippen molar-refractivity contribution in [2.24, 2.45) is 0 Å². The van der Waals surface area contributed by atoms with Crippen LogP contribution in [0.2, 0.25) is 0 Å². The zero-order chi connectivity index (χ0) is 23.1. The summed E-state index contributed by atoms with van der Waals surface area (Å²) in [5.41, 5.74) is 4.85. The molecule has 4 aromatic carbocycles. The van der Waals surface area contributed by atoms with Gasteiger partial charge in [0.05, 0.1) is 11.7 Å². The maximum absolute atomic E-state index is 12.6. The molecule has 0 unspecified atom stereocenters. The smallest absolute Gasteiger partial charge is 0.257 e. The molecule has 34 heavy (non-hydrogen) atoms. The normalized spacial score (nSPS) is 11.2. The minimum absolute atomic E-state index is 0.179. The van der Waals surface area contributed by atoms with Gasteiger partial charge in [0.2, 0.25) is 5.89 Å². The number of nitrogens with zero attached hydrogens (tertiary/aromatic N) is 3. The van der Waals surface area contributed by atoms with Gasteiger partial charge < -0.3 is 9.73 Å². The zero-order valence-electron chi connectivity index (χ0n) is 17.5. The van der Waals surface area contributed by atoms with Crippen LogP contribution in [0.25, 0.3) is 44.4 Å². The average molecular weight is 482 g/mol. The van der Waals surface area contributed by atoms with Crippen molar-refractivity contribution in [3.05, 3.63) is 84.4 Å². The van der Waals surface area contributed by atoms with Gasteiger partial charge in [0.25, 0.3) is 5.91 Å². The molecule has 0 aliphatic rings. The monoisotopic (exact) mass is 481 g/mol. The van der Waals surface area contributed by atoms with Crippen molar-refractivity contribution in [3.8, 4) is 11.5 Å². The molecule has 0 saturated carbocycles. The Bertz CT molecular complexity index is 1720. The van der Waals surface area contributed by atoms with Crippen LogP contribution in [0.4, 0.5) is 5.69 Å². The highest BCUT2D eigenvalue weighted by atomic mass is 32.1. The lowest BCUT2D eigenvalue weighted by Gasteiger charge is -2.09. The van der Waals surface area contributed by atoms with Crippen LogP contribution >= 0.6 is 23.9 Å². The largest absolute Gasteiger partial charge is 0.436 e. The Labute approximate surface area is 202 Å². The number of carbonyl (C=O) groups excluding carboxylic acids is 1. The number of hydrogen-bond donors (Lipinski definition) is 2. The molecule has 0 bridgehead atoms. The van der Waals surface area contributed by atoms with Crippen LogP contribution in [0.1, 0.15) is 10.4 Å². The number of amides is 1. The number of fused-ring (bicyclic) bond motifs is 3. The molecule has 164 valence electrons. The summed E-state index contributed by atoms with van der Waals surface area (Å²) in [5.74, 6) is 0.222. The highest BCUT2D eigenvalue weighted by Crippen LogP contribution is 2.31. The van der Waals surface area contributed by atoms with Crippen LogP contribution < -0.4 is 10.6 Å². The molecule has 6 rings (SSSR count). The Kier molecular flexibility index (Phi) is 4.97. The van der Waals surface area contributed by atoms with E-state index in [2.05, 4.69) is 42.6 Å². The van der Waals surface area contributed by atoms with Crippen molar-refractivity contribution in [2.75, 3.05) is 5.32 Å². The van der Waals surface area contributed by atoms with E-state index in [0.29, 0.717) is 33.8 Å². The predicted molar refractivity (Wildman–Crippen MR) is 138 cm³/mol. The van der Waals surface area contributed by atoms with Gasteiger partial charge >= 0.3 is 0 Å². The Morgan fingerprint density at radius 2 is 1.74 bits per heavy atom. The number of carbonyl (C=O) groups is 1. The summed E-state index contributed by atoms with van der Waals surface area (Å²) in [7, 11) is 0. The topological polar surface area (TPSA) is 92.9 Å². The number of anilines is 1. The summed E-state index contributed by atoms with van der Waals surface area (Å²) in [6.07, 6.45) is 0. The van der Waals surface area contributed by atoms with Crippen molar-refractivity contribution in [3.63, 3.8) is 0 Å². The SMILES string of the molecule is O=C(NC(=S)Nc1ccc2oc(-c3cccc4ccccc34)nc2c1)c1ccc2nsnc2c1. The molecule has 2 aromatic heterocycles.